The zero-order valence-electron chi connectivity index (χ0n) is 12.9. The number of nitrogens with one attached hydrogen (secondary N) is 2. The van der Waals surface area contributed by atoms with E-state index >= 15 is 0 Å². The molecule has 3 heterocycles. The van der Waals surface area contributed by atoms with Gasteiger partial charge in [0.25, 0.3) is 5.24 Å². The van der Waals surface area contributed by atoms with Crippen molar-refractivity contribution < 1.29 is 9.59 Å². The highest BCUT2D eigenvalue weighted by Crippen LogP contribution is 2.56. The first-order valence-corrected chi connectivity index (χ1v) is 10.1. The highest BCUT2D eigenvalue weighted by atomic mass is 32.2. The maximum atomic E-state index is 13.0. The first-order valence-electron chi connectivity index (χ1n) is 8.14. The van der Waals surface area contributed by atoms with Crippen LogP contribution in [-0.2, 0) is 11.3 Å². The van der Waals surface area contributed by atoms with Gasteiger partial charge in [0.15, 0.2) is 0 Å². The predicted octanol–water partition coefficient (Wildman–Crippen LogP) is 2.04. The van der Waals surface area contributed by atoms with Crippen molar-refractivity contribution in [2.45, 2.75) is 37.9 Å². The second-order valence-corrected chi connectivity index (χ2v) is 8.50. The fourth-order valence-corrected chi connectivity index (χ4v) is 5.30. The number of rotatable bonds is 4. The van der Waals surface area contributed by atoms with Crippen LogP contribution in [0.15, 0.2) is 16.8 Å². The van der Waals surface area contributed by atoms with Crippen LogP contribution in [0.4, 0.5) is 4.79 Å². The van der Waals surface area contributed by atoms with Gasteiger partial charge in [-0.25, -0.2) is 0 Å². The Hall–Kier alpha value is -1.05. The van der Waals surface area contributed by atoms with Gasteiger partial charge in [-0.2, -0.15) is 11.3 Å². The topological polar surface area (TPSA) is 61.4 Å². The van der Waals surface area contributed by atoms with Crippen molar-refractivity contribution >= 4 is 34.2 Å². The Labute approximate surface area is 144 Å². The Bertz CT molecular complexity index is 598. The van der Waals surface area contributed by atoms with Gasteiger partial charge in [-0.1, -0.05) is 11.8 Å². The molecule has 2 atom stereocenters. The van der Waals surface area contributed by atoms with E-state index in [1.54, 1.807) is 11.3 Å². The number of hydrogen-bond acceptors (Lipinski definition) is 5. The molecule has 5 nitrogen and oxygen atoms in total. The monoisotopic (exact) mass is 351 g/mol. The third-order valence-electron chi connectivity index (χ3n) is 5.31. The Morgan fingerprint density at radius 3 is 2.87 bits per heavy atom. The first kappa shape index (κ1) is 15.5. The number of nitrogens with zero attached hydrogens (tertiary/aromatic N) is 1. The summed E-state index contributed by atoms with van der Waals surface area (Å²) in [7, 11) is 0. The Morgan fingerprint density at radius 2 is 2.22 bits per heavy atom. The standard InChI is InChI=1S/C16H21N3O2S2/c20-14(12-10-23-15(21)18-12)19(8-11-1-6-22-9-11)13-7-16(13)2-4-17-5-3-16/h1,6,9,12-13,17H,2-5,7-8,10H2,(H,18,21)/t12-,13?/m0/s1. The number of piperidine rings is 1. The molecule has 2 amide bonds. The van der Waals surface area contributed by atoms with Gasteiger partial charge in [0.1, 0.15) is 6.04 Å². The maximum Gasteiger partial charge on any atom is 0.279 e. The minimum absolute atomic E-state index is 0.0776. The zero-order chi connectivity index (χ0) is 15.9. The molecule has 7 heteroatoms. The summed E-state index contributed by atoms with van der Waals surface area (Å²) in [5, 5.41) is 10.3. The molecule has 1 aliphatic carbocycles. The van der Waals surface area contributed by atoms with Gasteiger partial charge in [-0.15, -0.1) is 0 Å². The third kappa shape index (κ3) is 3.02. The van der Waals surface area contributed by atoms with Gasteiger partial charge in [0, 0.05) is 18.3 Å². The molecule has 0 radical (unpaired) electrons. The minimum atomic E-state index is -0.356. The summed E-state index contributed by atoms with van der Waals surface area (Å²) < 4.78 is 0. The molecule has 23 heavy (non-hydrogen) atoms. The van der Waals surface area contributed by atoms with E-state index in [1.807, 2.05) is 4.90 Å². The molecule has 3 fully saturated rings. The van der Waals surface area contributed by atoms with E-state index in [0.717, 1.165) is 32.4 Å². The SMILES string of the molecule is O=C1N[C@H](C(=O)N(Cc2ccsc2)C2CC23CCNCC3)CS1. The van der Waals surface area contributed by atoms with Crippen molar-refractivity contribution in [3.63, 3.8) is 0 Å². The van der Waals surface area contributed by atoms with Crippen LogP contribution in [-0.4, -0.2) is 47.0 Å². The average molecular weight is 351 g/mol. The molecular weight excluding hydrogens is 330 g/mol. The van der Waals surface area contributed by atoms with Gasteiger partial charge in [0.05, 0.1) is 0 Å². The van der Waals surface area contributed by atoms with Crippen molar-refractivity contribution in [1.29, 1.82) is 0 Å². The largest absolute Gasteiger partial charge is 0.334 e. The van der Waals surface area contributed by atoms with E-state index in [4.69, 9.17) is 0 Å². The molecule has 4 rings (SSSR count). The van der Waals surface area contributed by atoms with Gasteiger partial charge >= 0.3 is 0 Å². The summed E-state index contributed by atoms with van der Waals surface area (Å²) in [5.41, 5.74) is 1.50. The lowest BCUT2D eigenvalue weighted by Crippen LogP contribution is -2.48. The minimum Gasteiger partial charge on any atom is -0.334 e. The normalized spacial score (nSPS) is 28.6. The number of amides is 2. The second-order valence-electron chi connectivity index (χ2n) is 6.73. The predicted molar refractivity (Wildman–Crippen MR) is 92.6 cm³/mol. The summed E-state index contributed by atoms with van der Waals surface area (Å²) >= 11 is 2.88. The molecular formula is C16H21N3O2S2. The van der Waals surface area contributed by atoms with Crippen molar-refractivity contribution in [2.75, 3.05) is 18.8 Å². The van der Waals surface area contributed by atoms with Gasteiger partial charge in [-0.3, -0.25) is 9.59 Å². The molecule has 1 saturated carbocycles. The molecule has 124 valence electrons. The zero-order valence-corrected chi connectivity index (χ0v) is 14.5. The highest BCUT2D eigenvalue weighted by molar-refractivity contribution is 8.14. The van der Waals surface area contributed by atoms with Crippen LogP contribution in [0.2, 0.25) is 0 Å². The molecule has 0 bridgehead atoms. The number of thioether (sulfide) groups is 1. The lowest BCUT2D eigenvalue weighted by atomic mass is 9.93. The lowest BCUT2D eigenvalue weighted by molar-refractivity contribution is -0.134. The molecule has 0 aromatic carbocycles. The van der Waals surface area contributed by atoms with Crippen LogP contribution in [0.3, 0.4) is 0 Å². The van der Waals surface area contributed by atoms with E-state index in [1.165, 1.54) is 17.3 Å². The van der Waals surface area contributed by atoms with Gasteiger partial charge in [-0.05, 0) is 60.2 Å². The second kappa shape index (κ2) is 6.11. The molecule has 1 unspecified atom stereocenters. The fraction of sp³-hybridized carbons (Fsp3) is 0.625. The number of carbonyl (C=O) groups is 2. The summed E-state index contributed by atoms with van der Waals surface area (Å²) in [6, 6.07) is 2.06. The van der Waals surface area contributed by atoms with Gasteiger partial charge in [0.2, 0.25) is 5.91 Å². The average Bonchev–Trinajstić information content (AvgIpc) is 2.97. The van der Waals surface area contributed by atoms with E-state index in [-0.39, 0.29) is 17.2 Å². The Balaban J connectivity index is 1.52. The van der Waals surface area contributed by atoms with Crippen LogP contribution < -0.4 is 10.6 Å². The summed E-state index contributed by atoms with van der Waals surface area (Å²) in [6.07, 6.45) is 3.41. The van der Waals surface area contributed by atoms with Gasteiger partial charge < -0.3 is 15.5 Å². The van der Waals surface area contributed by atoms with Crippen LogP contribution in [0.25, 0.3) is 0 Å². The molecule has 3 aliphatic rings. The van der Waals surface area contributed by atoms with E-state index in [9.17, 15) is 9.59 Å². The number of carbonyl (C=O) groups excluding carboxylic acids is 2. The molecule has 2 N–H and O–H groups in total. The van der Waals surface area contributed by atoms with Crippen LogP contribution in [0, 0.1) is 5.41 Å². The van der Waals surface area contributed by atoms with Crippen molar-refractivity contribution in [2.24, 2.45) is 5.41 Å². The van der Waals surface area contributed by atoms with Crippen molar-refractivity contribution in [3.05, 3.63) is 22.4 Å². The number of hydrogen-bond donors (Lipinski definition) is 2. The quantitative estimate of drug-likeness (QED) is 0.871. The third-order valence-corrected chi connectivity index (χ3v) is 6.92. The van der Waals surface area contributed by atoms with Crippen LogP contribution >= 0.6 is 23.1 Å². The van der Waals surface area contributed by atoms with E-state index < -0.39 is 0 Å². The Kier molecular flexibility index (Phi) is 4.11. The highest BCUT2D eigenvalue weighted by Gasteiger charge is 2.58. The summed E-state index contributed by atoms with van der Waals surface area (Å²) in [6.45, 7) is 2.76. The lowest BCUT2D eigenvalue weighted by Gasteiger charge is -2.31. The smallest absolute Gasteiger partial charge is 0.279 e. The molecule has 1 spiro atoms. The maximum absolute atomic E-state index is 13.0. The van der Waals surface area contributed by atoms with E-state index in [0.29, 0.717) is 23.8 Å². The number of thiophene rings is 1. The van der Waals surface area contributed by atoms with Crippen molar-refractivity contribution in [3.8, 4) is 0 Å². The van der Waals surface area contributed by atoms with Crippen LogP contribution in [0.1, 0.15) is 24.8 Å². The summed E-state index contributed by atoms with van der Waals surface area (Å²) in [5.74, 6) is 0.647. The molecule has 2 aliphatic heterocycles. The molecule has 2 saturated heterocycles. The van der Waals surface area contributed by atoms with E-state index in [2.05, 4.69) is 27.5 Å². The van der Waals surface area contributed by atoms with Crippen molar-refractivity contribution in [1.82, 2.24) is 15.5 Å². The fourth-order valence-electron chi connectivity index (χ4n) is 3.87. The summed E-state index contributed by atoms with van der Waals surface area (Å²) in [4.78, 5) is 26.5. The molecule has 1 aromatic rings. The van der Waals surface area contributed by atoms with Crippen LogP contribution in [0.5, 0.6) is 0 Å². The molecule has 1 aromatic heterocycles. The first-order chi connectivity index (χ1) is 11.2. The Morgan fingerprint density at radius 1 is 1.39 bits per heavy atom.